The number of hydrogen-bond donors (Lipinski definition) is 1. The number of amides is 1. The first kappa shape index (κ1) is 11.8. The topological polar surface area (TPSA) is 58.1 Å². The molecule has 1 aromatic heterocycles. The van der Waals surface area contributed by atoms with Crippen LogP contribution in [0.1, 0.15) is 6.42 Å². The summed E-state index contributed by atoms with van der Waals surface area (Å²) in [7, 11) is 1.75. The van der Waals surface area contributed by atoms with Crippen LogP contribution in [0.2, 0.25) is 0 Å². The first-order chi connectivity index (χ1) is 9.16. The van der Waals surface area contributed by atoms with Crippen molar-refractivity contribution in [1.82, 2.24) is 14.9 Å². The van der Waals surface area contributed by atoms with Crippen molar-refractivity contribution >= 4 is 22.6 Å². The number of rotatable bonds is 2. The monoisotopic (exact) mass is 260 g/mol. The van der Waals surface area contributed by atoms with Crippen LogP contribution in [-0.4, -0.2) is 40.4 Å². The maximum absolute atomic E-state index is 13.9. The number of carbonyl (C=O) groups excluding carboxylic acids is 1. The normalized spacial score (nSPS) is 19.2. The van der Waals surface area contributed by atoms with Gasteiger partial charge in [0.25, 0.3) is 0 Å². The number of likely N-dealkylation sites (N-methyl/N-ethyl adjacent to an activating group) is 1. The quantitative estimate of drug-likeness (QED) is 0.887. The molecule has 0 aliphatic carbocycles. The van der Waals surface area contributed by atoms with Gasteiger partial charge < -0.3 is 10.2 Å². The molecule has 0 saturated carbocycles. The number of carbonyl (C=O) groups is 1. The van der Waals surface area contributed by atoms with Crippen molar-refractivity contribution in [2.45, 2.75) is 12.5 Å². The highest BCUT2D eigenvalue weighted by atomic mass is 19.1. The zero-order valence-corrected chi connectivity index (χ0v) is 10.4. The lowest BCUT2D eigenvalue weighted by molar-refractivity contribution is -0.127. The van der Waals surface area contributed by atoms with Crippen LogP contribution < -0.4 is 5.32 Å². The molecule has 1 saturated heterocycles. The summed E-state index contributed by atoms with van der Waals surface area (Å²) in [5.74, 6) is -0.0146. The molecule has 1 fully saturated rings. The summed E-state index contributed by atoms with van der Waals surface area (Å²) in [6.07, 6.45) is 2.06. The third-order valence-corrected chi connectivity index (χ3v) is 3.35. The van der Waals surface area contributed by atoms with Gasteiger partial charge in [-0.3, -0.25) is 4.79 Å². The summed E-state index contributed by atoms with van der Waals surface area (Å²) >= 11 is 0. The molecule has 2 aromatic rings. The van der Waals surface area contributed by atoms with Crippen molar-refractivity contribution in [3.8, 4) is 0 Å². The van der Waals surface area contributed by atoms with Crippen molar-refractivity contribution in [2.24, 2.45) is 0 Å². The van der Waals surface area contributed by atoms with E-state index in [2.05, 4.69) is 15.3 Å². The lowest BCUT2D eigenvalue weighted by atomic mass is 10.2. The first-order valence-electron chi connectivity index (χ1n) is 6.07. The van der Waals surface area contributed by atoms with Gasteiger partial charge in [0.15, 0.2) is 0 Å². The number of nitrogens with zero attached hydrogens (tertiary/aromatic N) is 3. The molecule has 1 aliphatic rings. The van der Waals surface area contributed by atoms with E-state index < -0.39 is 0 Å². The molecule has 5 nitrogen and oxygen atoms in total. The smallest absolute Gasteiger partial charge is 0.244 e. The van der Waals surface area contributed by atoms with Crippen LogP contribution in [0.15, 0.2) is 24.5 Å². The van der Waals surface area contributed by atoms with Gasteiger partial charge in [-0.15, -0.1) is 0 Å². The lowest BCUT2D eigenvalue weighted by Crippen LogP contribution is -2.31. The minimum Gasteiger partial charge on any atom is -0.358 e. The van der Waals surface area contributed by atoms with Crippen molar-refractivity contribution in [3.05, 3.63) is 30.3 Å². The van der Waals surface area contributed by atoms with Gasteiger partial charge in [0.2, 0.25) is 5.91 Å². The Morgan fingerprint density at radius 3 is 3.00 bits per heavy atom. The molecule has 0 radical (unpaired) electrons. The fraction of sp³-hybridized carbons (Fsp3) is 0.308. The lowest BCUT2D eigenvalue weighted by Gasteiger charge is -2.14. The Bertz CT molecular complexity index is 640. The summed E-state index contributed by atoms with van der Waals surface area (Å²) in [5.41, 5.74) is 0.524. The zero-order valence-electron chi connectivity index (χ0n) is 10.4. The summed E-state index contributed by atoms with van der Waals surface area (Å²) in [5, 5.41) is 3.35. The molecular weight excluding hydrogens is 247 g/mol. The van der Waals surface area contributed by atoms with E-state index in [9.17, 15) is 9.18 Å². The number of nitrogens with one attached hydrogen (secondary N) is 1. The maximum atomic E-state index is 13.9. The number of anilines is 1. The van der Waals surface area contributed by atoms with E-state index in [0.29, 0.717) is 29.7 Å². The van der Waals surface area contributed by atoms with Gasteiger partial charge in [0.05, 0.1) is 10.9 Å². The predicted octanol–water partition coefficient (Wildman–Crippen LogP) is 1.41. The number of likely N-dealkylation sites (tertiary alicyclic amines) is 1. The van der Waals surface area contributed by atoms with Crippen molar-refractivity contribution in [3.63, 3.8) is 0 Å². The number of aromatic nitrogens is 2. The van der Waals surface area contributed by atoms with Crippen molar-refractivity contribution < 1.29 is 9.18 Å². The third-order valence-electron chi connectivity index (χ3n) is 3.35. The molecule has 1 aliphatic heterocycles. The van der Waals surface area contributed by atoms with Crippen LogP contribution in [0.25, 0.3) is 10.9 Å². The maximum Gasteiger partial charge on any atom is 0.244 e. The van der Waals surface area contributed by atoms with E-state index >= 15 is 0 Å². The number of benzene rings is 1. The Morgan fingerprint density at radius 2 is 2.26 bits per heavy atom. The minimum absolute atomic E-state index is 0.00287. The highest BCUT2D eigenvalue weighted by Crippen LogP contribution is 2.24. The fourth-order valence-corrected chi connectivity index (χ4v) is 2.30. The molecule has 0 bridgehead atoms. The van der Waals surface area contributed by atoms with E-state index in [4.69, 9.17) is 0 Å². The van der Waals surface area contributed by atoms with Gasteiger partial charge in [-0.05, 0) is 18.6 Å². The van der Waals surface area contributed by atoms with E-state index in [1.54, 1.807) is 24.1 Å². The average molecular weight is 260 g/mol. The molecule has 1 N–H and O–H groups in total. The molecule has 1 atom stereocenters. The average Bonchev–Trinajstić information content (AvgIpc) is 2.71. The number of hydrogen-bond acceptors (Lipinski definition) is 4. The molecule has 0 unspecified atom stereocenters. The third kappa shape index (κ3) is 1.99. The van der Waals surface area contributed by atoms with Crippen LogP contribution >= 0.6 is 0 Å². The second kappa shape index (κ2) is 4.46. The zero-order chi connectivity index (χ0) is 13.4. The molecule has 1 aromatic carbocycles. The van der Waals surface area contributed by atoms with Gasteiger partial charge in [-0.2, -0.15) is 0 Å². The van der Waals surface area contributed by atoms with Crippen LogP contribution in [0.4, 0.5) is 10.2 Å². The number of halogens is 1. The van der Waals surface area contributed by atoms with Crippen molar-refractivity contribution in [1.29, 1.82) is 0 Å². The highest BCUT2D eigenvalue weighted by Gasteiger charge is 2.29. The van der Waals surface area contributed by atoms with Crippen LogP contribution in [0, 0.1) is 5.82 Å². The Morgan fingerprint density at radius 1 is 1.42 bits per heavy atom. The van der Waals surface area contributed by atoms with Gasteiger partial charge >= 0.3 is 0 Å². The second-order valence-electron chi connectivity index (χ2n) is 4.60. The standard InChI is InChI=1S/C13H13FN4O/c1-18-6-5-10(13(18)19)17-12-11-8(14)3-2-4-9(11)15-7-16-12/h2-4,7,10H,5-6H2,1H3,(H,15,16,17)/t10-/m0/s1. The van der Waals surface area contributed by atoms with Crippen LogP contribution in [0.5, 0.6) is 0 Å². The highest BCUT2D eigenvalue weighted by molar-refractivity contribution is 5.93. The fourth-order valence-electron chi connectivity index (χ4n) is 2.30. The van der Waals surface area contributed by atoms with Crippen LogP contribution in [0.3, 0.4) is 0 Å². The van der Waals surface area contributed by atoms with E-state index in [1.165, 1.54) is 12.4 Å². The Balaban J connectivity index is 2.00. The van der Waals surface area contributed by atoms with E-state index in [-0.39, 0.29) is 17.8 Å². The molecule has 3 rings (SSSR count). The van der Waals surface area contributed by atoms with Crippen LogP contribution in [-0.2, 0) is 4.79 Å². The summed E-state index contributed by atoms with van der Waals surface area (Å²) in [6.45, 7) is 0.696. The summed E-state index contributed by atoms with van der Waals surface area (Å²) in [6, 6.07) is 4.33. The molecule has 98 valence electrons. The molecular formula is C13H13FN4O. The summed E-state index contributed by atoms with van der Waals surface area (Å²) in [4.78, 5) is 21.6. The van der Waals surface area contributed by atoms with Gasteiger partial charge in [0.1, 0.15) is 24.0 Å². The van der Waals surface area contributed by atoms with Crippen molar-refractivity contribution in [2.75, 3.05) is 18.9 Å². The summed E-state index contributed by atoms with van der Waals surface area (Å²) < 4.78 is 13.9. The van der Waals surface area contributed by atoms with Gasteiger partial charge in [-0.1, -0.05) is 6.07 Å². The SMILES string of the molecule is CN1CC[C@H](Nc2ncnc3cccc(F)c23)C1=O. The number of fused-ring (bicyclic) bond motifs is 1. The molecule has 1 amide bonds. The first-order valence-corrected chi connectivity index (χ1v) is 6.07. The largest absolute Gasteiger partial charge is 0.358 e. The Hall–Kier alpha value is -2.24. The molecule has 19 heavy (non-hydrogen) atoms. The molecule has 6 heteroatoms. The molecule has 0 spiro atoms. The van der Waals surface area contributed by atoms with E-state index in [1.807, 2.05) is 0 Å². The second-order valence-corrected chi connectivity index (χ2v) is 4.60. The van der Waals surface area contributed by atoms with E-state index in [0.717, 1.165) is 0 Å². The Kier molecular flexibility index (Phi) is 2.77. The predicted molar refractivity (Wildman–Crippen MR) is 69.2 cm³/mol. The van der Waals surface area contributed by atoms with Gasteiger partial charge in [0, 0.05) is 13.6 Å². The molecule has 2 heterocycles. The minimum atomic E-state index is -0.389. The van der Waals surface area contributed by atoms with Gasteiger partial charge in [-0.25, -0.2) is 14.4 Å². The Labute approximate surface area is 109 Å².